The highest BCUT2D eigenvalue weighted by molar-refractivity contribution is 5.96. The van der Waals surface area contributed by atoms with Crippen molar-refractivity contribution in [3.8, 4) is 0 Å². The molecule has 1 aliphatic carbocycles. The fraction of sp³-hybridized carbons (Fsp3) is 0.263. The van der Waals surface area contributed by atoms with Gasteiger partial charge in [-0.25, -0.2) is 15.2 Å². The van der Waals surface area contributed by atoms with Gasteiger partial charge in [0, 0.05) is 12.6 Å². The van der Waals surface area contributed by atoms with Crippen LogP contribution in [0.4, 0.5) is 23.4 Å². The molecule has 1 aromatic carbocycles. The minimum absolute atomic E-state index is 0.0532. The van der Waals surface area contributed by atoms with Crippen molar-refractivity contribution in [1.29, 1.82) is 0 Å². The van der Waals surface area contributed by atoms with E-state index in [4.69, 9.17) is 11.6 Å². The first-order valence-corrected chi connectivity index (χ1v) is 8.53. The Bertz CT molecular complexity index is 940. The molecule has 9 heteroatoms. The summed E-state index contributed by atoms with van der Waals surface area (Å²) in [4.78, 5) is 15.9. The summed E-state index contributed by atoms with van der Waals surface area (Å²) in [7, 11) is 0. The number of allylic oxidation sites excluding steroid dienone is 2. The smallest absolute Gasteiger partial charge is 0.394 e. The molecule has 148 valence electrons. The molecule has 0 amide bonds. The standard InChI is InChI=1S/C19H18F4N4O/c20-14-8-12(7-13(10-14)19(21,22)23)6-11-4-5-26-17(9-11)27(25)15-2-1-3-16(28)18(15)24/h4-5,7-10H,1-3,6,24-25H2. The molecule has 1 heterocycles. The van der Waals surface area contributed by atoms with E-state index in [0.717, 1.165) is 12.1 Å². The van der Waals surface area contributed by atoms with Crippen molar-refractivity contribution in [2.24, 2.45) is 11.6 Å². The number of carbonyl (C=O) groups excluding carboxylic acids is 1. The summed E-state index contributed by atoms with van der Waals surface area (Å²) < 4.78 is 52.3. The van der Waals surface area contributed by atoms with Crippen LogP contribution < -0.4 is 16.6 Å². The number of ketones is 1. The predicted molar refractivity (Wildman–Crippen MR) is 95.2 cm³/mol. The van der Waals surface area contributed by atoms with Crippen LogP contribution in [-0.4, -0.2) is 10.8 Å². The highest BCUT2D eigenvalue weighted by Gasteiger charge is 2.31. The van der Waals surface area contributed by atoms with Gasteiger partial charge in [0.2, 0.25) is 0 Å². The van der Waals surface area contributed by atoms with Gasteiger partial charge < -0.3 is 5.73 Å². The quantitative estimate of drug-likeness (QED) is 0.472. The van der Waals surface area contributed by atoms with Crippen LogP contribution in [0.15, 0.2) is 47.9 Å². The minimum atomic E-state index is -4.63. The molecule has 0 aliphatic heterocycles. The Hall–Kier alpha value is -2.94. The zero-order chi connectivity index (χ0) is 20.5. The molecule has 0 spiro atoms. The van der Waals surface area contributed by atoms with Gasteiger partial charge in [0.1, 0.15) is 11.6 Å². The number of pyridine rings is 1. The molecule has 5 nitrogen and oxygen atoms in total. The van der Waals surface area contributed by atoms with Crippen LogP contribution in [0.2, 0.25) is 0 Å². The Morgan fingerprint density at radius 1 is 1.11 bits per heavy atom. The van der Waals surface area contributed by atoms with Crippen LogP contribution in [0.5, 0.6) is 0 Å². The van der Waals surface area contributed by atoms with E-state index in [-0.39, 0.29) is 29.3 Å². The summed E-state index contributed by atoms with van der Waals surface area (Å²) in [6.07, 6.45) is -1.65. The highest BCUT2D eigenvalue weighted by atomic mass is 19.4. The lowest BCUT2D eigenvalue weighted by Crippen LogP contribution is -2.36. The van der Waals surface area contributed by atoms with E-state index in [1.54, 1.807) is 12.1 Å². The van der Waals surface area contributed by atoms with Gasteiger partial charge >= 0.3 is 6.18 Å². The number of aromatic nitrogens is 1. The van der Waals surface area contributed by atoms with Crippen LogP contribution >= 0.6 is 0 Å². The maximum atomic E-state index is 13.6. The summed E-state index contributed by atoms with van der Waals surface area (Å²) in [5, 5.41) is 1.21. The molecule has 0 saturated heterocycles. The average molecular weight is 394 g/mol. The molecule has 0 atom stereocenters. The van der Waals surface area contributed by atoms with E-state index in [1.807, 2.05) is 0 Å². The van der Waals surface area contributed by atoms with Crippen molar-refractivity contribution >= 4 is 11.6 Å². The van der Waals surface area contributed by atoms with Crippen LogP contribution in [0.1, 0.15) is 36.0 Å². The molecule has 0 radical (unpaired) electrons. The van der Waals surface area contributed by atoms with Gasteiger partial charge in [-0.15, -0.1) is 0 Å². The number of anilines is 1. The molecule has 0 unspecified atom stereocenters. The van der Waals surface area contributed by atoms with Gasteiger partial charge in [0.15, 0.2) is 5.78 Å². The number of rotatable bonds is 4. The molecule has 0 saturated carbocycles. The molecule has 0 fully saturated rings. The Kier molecular flexibility index (Phi) is 5.37. The molecule has 1 aliphatic rings. The summed E-state index contributed by atoms with van der Waals surface area (Å²) in [5.41, 5.74) is 6.07. The number of carbonyl (C=O) groups is 1. The third kappa shape index (κ3) is 4.30. The third-order valence-corrected chi connectivity index (χ3v) is 4.47. The average Bonchev–Trinajstić information content (AvgIpc) is 2.62. The Balaban J connectivity index is 1.88. The molecule has 3 rings (SSSR count). The zero-order valence-electron chi connectivity index (χ0n) is 14.8. The maximum Gasteiger partial charge on any atom is 0.416 e. The first-order chi connectivity index (χ1) is 13.1. The monoisotopic (exact) mass is 394 g/mol. The molecule has 28 heavy (non-hydrogen) atoms. The number of alkyl halides is 3. The number of halogens is 4. The number of hydrogen-bond donors (Lipinski definition) is 2. The SMILES string of the molecule is NC1=C(N(N)c2cc(Cc3cc(F)cc(C(F)(F)F)c3)ccn2)CCCC1=O. The number of hydrogen-bond acceptors (Lipinski definition) is 5. The Morgan fingerprint density at radius 3 is 2.57 bits per heavy atom. The molecule has 1 aromatic heterocycles. The van der Waals surface area contributed by atoms with Crippen LogP contribution in [0.3, 0.4) is 0 Å². The van der Waals surface area contributed by atoms with Gasteiger partial charge in [0.25, 0.3) is 0 Å². The largest absolute Gasteiger partial charge is 0.416 e. The van der Waals surface area contributed by atoms with Gasteiger partial charge in [0.05, 0.1) is 17.0 Å². The molecule has 4 N–H and O–H groups in total. The number of Topliss-reactive ketones (excluding diaryl/α,β-unsaturated/α-hetero) is 1. The predicted octanol–water partition coefficient (Wildman–Crippen LogP) is 3.43. The fourth-order valence-electron chi connectivity index (χ4n) is 3.09. The van der Waals surface area contributed by atoms with Crippen molar-refractivity contribution in [3.05, 3.63) is 70.4 Å². The lowest BCUT2D eigenvalue weighted by atomic mass is 9.99. The van der Waals surface area contributed by atoms with E-state index in [2.05, 4.69) is 4.98 Å². The first-order valence-electron chi connectivity index (χ1n) is 8.53. The fourth-order valence-corrected chi connectivity index (χ4v) is 3.09. The first kappa shape index (κ1) is 19.8. The normalized spacial score (nSPS) is 15.1. The number of nitrogens with zero attached hydrogens (tertiary/aromatic N) is 2. The summed E-state index contributed by atoms with van der Waals surface area (Å²) >= 11 is 0. The van der Waals surface area contributed by atoms with E-state index in [1.165, 1.54) is 11.2 Å². The molecule has 0 bridgehead atoms. The van der Waals surface area contributed by atoms with Crippen molar-refractivity contribution in [3.63, 3.8) is 0 Å². The van der Waals surface area contributed by atoms with Crippen molar-refractivity contribution in [2.45, 2.75) is 31.9 Å². The number of nitrogens with two attached hydrogens (primary N) is 2. The molecule has 2 aromatic rings. The topological polar surface area (TPSA) is 85.2 Å². The summed E-state index contributed by atoms with van der Waals surface area (Å²) in [6.45, 7) is 0. The van der Waals surface area contributed by atoms with E-state index < -0.39 is 17.6 Å². The van der Waals surface area contributed by atoms with E-state index >= 15 is 0 Å². The van der Waals surface area contributed by atoms with Crippen molar-refractivity contribution < 1.29 is 22.4 Å². The van der Waals surface area contributed by atoms with Crippen LogP contribution in [0, 0.1) is 5.82 Å². The maximum absolute atomic E-state index is 13.6. The second kappa shape index (κ2) is 7.59. The van der Waals surface area contributed by atoms with E-state index in [9.17, 15) is 22.4 Å². The van der Waals surface area contributed by atoms with Gasteiger partial charge in [-0.2, -0.15) is 13.2 Å². The number of benzene rings is 1. The second-order valence-electron chi connectivity index (χ2n) is 6.55. The van der Waals surface area contributed by atoms with Crippen molar-refractivity contribution in [1.82, 2.24) is 4.98 Å². The summed E-state index contributed by atoms with van der Waals surface area (Å²) in [5.74, 6) is 5.20. The minimum Gasteiger partial charge on any atom is -0.394 e. The van der Waals surface area contributed by atoms with E-state index in [0.29, 0.717) is 36.6 Å². The third-order valence-electron chi connectivity index (χ3n) is 4.47. The lowest BCUT2D eigenvalue weighted by Gasteiger charge is -2.25. The van der Waals surface area contributed by atoms with Gasteiger partial charge in [-0.05, 0) is 60.7 Å². The molecular formula is C19H18F4N4O. The highest BCUT2D eigenvalue weighted by Crippen LogP contribution is 2.31. The Labute approximate surface area is 158 Å². The van der Waals surface area contributed by atoms with Crippen molar-refractivity contribution in [2.75, 3.05) is 5.01 Å². The van der Waals surface area contributed by atoms with Gasteiger partial charge in [-0.3, -0.25) is 9.80 Å². The lowest BCUT2D eigenvalue weighted by molar-refractivity contribution is -0.137. The molecular weight excluding hydrogens is 376 g/mol. The zero-order valence-corrected chi connectivity index (χ0v) is 14.8. The van der Waals surface area contributed by atoms with Crippen LogP contribution in [-0.2, 0) is 17.4 Å². The van der Waals surface area contributed by atoms with Gasteiger partial charge in [-0.1, -0.05) is 0 Å². The summed E-state index contributed by atoms with van der Waals surface area (Å²) in [6, 6.07) is 5.58. The second-order valence-corrected chi connectivity index (χ2v) is 6.55. The Morgan fingerprint density at radius 2 is 1.86 bits per heavy atom. The number of hydrazine groups is 1. The van der Waals surface area contributed by atoms with Crippen LogP contribution in [0.25, 0.3) is 0 Å².